The van der Waals surface area contributed by atoms with Gasteiger partial charge < -0.3 is 48.5 Å². The number of cyclic esters (lactones) is 1. The third-order valence-corrected chi connectivity index (χ3v) is 12.0. The molecule has 4 aliphatic heterocycles. The molecule has 0 aromatic heterocycles. The van der Waals surface area contributed by atoms with Crippen LogP contribution in [0.15, 0.2) is 11.3 Å². The molecule has 0 aliphatic carbocycles. The minimum Gasteiger partial charge on any atom is -0.479 e. The van der Waals surface area contributed by atoms with E-state index in [2.05, 4.69) is 0 Å². The lowest BCUT2D eigenvalue weighted by molar-refractivity contribution is -0.319. The number of esters is 1. The summed E-state index contributed by atoms with van der Waals surface area (Å²) in [4.78, 5) is 27.9. The van der Waals surface area contributed by atoms with Crippen molar-refractivity contribution < 1.29 is 58.1 Å². The first-order valence-corrected chi connectivity index (χ1v) is 18.5. The second kappa shape index (κ2) is 15.4. The van der Waals surface area contributed by atoms with Crippen LogP contribution in [0, 0.1) is 29.6 Å². The number of fused-ring (bicyclic) bond motifs is 2. The van der Waals surface area contributed by atoms with E-state index in [1.807, 2.05) is 41.5 Å². The number of ether oxygens (including phenoxy) is 7. The van der Waals surface area contributed by atoms with Gasteiger partial charge in [-0.15, -0.1) is 0 Å². The molecule has 0 saturated carbocycles. The van der Waals surface area contributed by atoms with E-state index < -0.39 is 89.7 Å². The largest absolute Gasteiger partial charge is 0.479 e. The van der Waals surface area contributed by atoms with Gasteiger partial charge in [-0.25, -0.2) is 0 Å². The lowest BCUT2D eigenvalue weighted by Gasteiger charge is -2.48. The van der Waals surface area contributed by atoms with E-state index >= 15 is 0 Å². The monoisotopic (exact) mass is 712 g/mol. The first-order chi connectivity index (χ1) is 23.1. The molecule has 4 heterocycles. The van der Waals surface area contributed by atoms with Crippen molar-refractivity contribution in [3.63, 3.8) is 0 Å². The molecule has 12 nitrogen and oxygen atoms in total. The van der Waals surface area contributed by atoms with Crippen molar-refractivity contribution >= 4 is 11.8 Å². The predicted octanol–water partition coefficient (Wildman–Crippen LogP) is 4.44. The zero-order valence-corrected chi connectivity index (χ0v) is 32.4. The van der Waals surface area contributed by atoms with E-state index in [1.54, 1.807) is 41.5 Å². The normalized spacial score (nSPS) is 48.1. The minimum absolute atomic E-state index is 0.108. The number of ketones is 1. The van der Waals surface area contributed by atoms with Crippen molar-refractivity contribution in [3.05, 3.63) is 11.3 Å². The summed E-state index contributed by atoms with van der Waals surface area (Å²) in [7, 11) is 1.52. The van der Waals surface area contributed by atoms with Crippen molar-refractivity contribution in [2.75, 3.05) is 7.11 Å². The Balaban J connectivity index is 1.83. The van der Waals surface area contributed by atoms with E-state index in [9.17, 15) is 24.9 Å². The SMILES string of the molecule is CC[C@H]1OC(=O)[C@H](C)[C@@H](O[C@H]2C[C@@](C)(OC)[C@@H](O)[C@H](C)O2)[C@H](C)[C@@H](O[C@@H]2O[C@H](C)C[C@H](C(C)C)[C@H]2O)[C@](C)(O)C[C@@H](C)C2=C(C)C(=O)C1(C)O2. The maximum Gasteiger partial charge on any atom is 0.311 e. The zero-order chi connectivity index (χ0) is 37.7. The number of Topliss-reactive ketones (excluding diaryl/α,β-unsaturated/α-hetero) is 1. The highest BCUT2D eigenvalue weighted by atomic mass is 16.7. The van der Waals surface area contributed by atoms with Crippen molar-refractivity contribution in [3.8, 4) is 0 Å². The lowest BCUT2D eigenvalue weighted by Crippen LogP contribution is -2.59. The Morgan fingerprint density at radius 3 is 2.20 bits per heavy atom. The Bertz CT molecular complexity index is 1250. The van der Waals surface area contributed by atoms with Gasteiger partial charge in [-0.05, 0) is 79.6 Å². The Morgan fingerprint density at radius 2 is 1.62 bits per heavy atom. The van der Waals surface area contributed by atoms with E-state index in [0.29, 0.717) is 24.2 Å². The highest BCUT2D eigenvalue weighted by Gasteiger charge is 2.56. The van der Waals surface area contributed by atoms with Gasteiger partial charge >= 0.3 is 5.97 Å². The van der Waals surface area contributed by atoms with Crippen LogP contribution in [0.25, 0.3) is 0 Å². The molecule has 3 N–H and O–H groups in total. The summed E-state index contributed by atoms with van der Waals surface area (Å²) in [5, 5.41) is 34.9. The molecular weight excluding hydrogens is 648 g/mol. The Kier molecular flexibility index (Phi) is 12.6. The summed E-state index contributed by atoms with van der Waals surface area (Å²) >= 11 is 0. The molecule has 2 bridgehead atoms. The highest BCUT2D eigenvalue weighted by Crippen LogP contribution is 2.45. The number of hydrogen-bond donors (Lipinski definition) is 3. The summed E-state index contributed by atoms with van der Waals surface area (Å²) in [6.07, 6.45) is -6.44. The second-order valence-electron chi connectivity index (χ2n) is 16.5. The molecule has 288 valence electrons. The van der Waals surface area contributed by atoms with Gasteiger partial charge in [0.15, 0.2) is 12.6 Å². The maximum atomic E-state index is 14.2. The Morgan fingerprint density at radius 1 is 0.980 bits per heavy atom. The molecule has 0 aromatic carbocycles. The van der Waals surface area contributed by atoms with Crippen LogP contribution in [0.2, 0.25) is 0 Å². The molecule has 0 amide bonds. The standard InChI is InChI=1S/C38H64O12/c1-14-26-38(12)31(40)21(6)29(50-38)19(4)16-36(10,43)33(49-35-28(39)25(18(2)3)15-20(5)45-35)22(7)30(23(8)34(42)47-26)48-27-17-37(11,44-13)32(41)24(9)46-27/h18-20,22-28,30,32-33,35,39,41,43H,14-17H2,1-13H3/t19-,20-,22+,23-,24+,25-,26-,27+,28-,30+,32+,33-,35+,36-,37-,38?/m1/s1. The molecule has 1 unspecified atom stereocenters. The number of aliphatic hydroxyl groups excluding tert-OH is 2. The van der Waals surface area contributed by atoms with Crippen LogP contribution in [0.5, 0.6) is 0 Å². The summed E-state index contributed by atoms with van der Waals surface area (Å²) in [5.74, 6) is -2.52. The van der Waals surface area contributed by atoms with E-state index in [0.717, 1.165) is 0 Å². The molecule has 3 fully saturated rings. The zero-order valence-electron chi connectivity index (χ0n) is 32.4. The Hall–Kier alpha value is -1.64. The topological polar surface area (TPSA) is 159 Å². The average molecular weight is 713 g/mol. The van der Waals surface area contributed by atoms with E-state index in [4.69, 9.17) is 33.2 Å². The number of rotatable bonds is 7. The average Bonchev–Trinajstić information content (AvgIpc) is 3.28. The van der Waals surface area contributed by atoms with E-state index in [-0.39, 0.29) is 36.6 Å². The molecule has 16 atom stereocenters. The van der Waals surface area contributed by atoms with Crippen LogP contribution < -0.4 is 0 Å². The van der Waals surface area contributed by atoms with Gasteiger partial charge in [-0.1, -0.05) is 34.6 Å². The number of allylic oxidation sites excluding steroid dienone is 1. The first-order valence-electron chi connectivity index (χ1n) is 18.5. The fourth-order valence-corrected chi connectivity index (χ4v) is 8.80. The summed E-state index contributed by atoms with van der Waals surface area (Å²) in [5.41, 5.74) is -3.64. The van der Waals surface area contributed by atoms with Gasteiger partial charge in [0, 0.05) is 30.9 Å². The predicted molar refractivity (Wildman–Crippen MR) is 184 cm³/mol. The van der Waals surface area contributed by atoms with Crippen molar-refractivity contribution in [2.24, 2.45) is 29.6 Å². The number of carbonyl (C=O) groups excluding carboxylic acids is 2. The Labute approximate surface area is 298 Å². The van der Waals surface area contributed by atoms with Gasteiger partial charge in [0.05, 0.1) is 41.5 Å². The second-order valence-corrected chi connectivity index (χ2v) is 16.5. The van der Waals surface area contributed by atoms with E-state index in [1.165, 1.54) is 7.11 Å². The number of methoxy groups -OCH3 is 1. The molecule has 0 spiro atoms. The third-order valence-electron chi connectivity index (χ3n) is 12.0. The maximum absolute atomic E-state index is 14.2. The molecule has 4 rings (SSSR count). The lowest BCUT2D eigenvalue weighted by atomic mass is 9.77. The molecule has 0 radical (unpaired) electrons. The number of carbonyl (C=O) groups is 2. The summed E-state index contributed by atoms with van der Waals surface area (Å²) in [6.45, 7) is 21.8. The van der Waals surface area contributed by atoms with Crippen LogP contribution in [0.1, 0.15) is 109 Å². The number of aliphatic hydroxyl groups is 3. The smallest absolute Gasteiger partial charge is 0.311 e. The fraction of sp³-hybridized carbons (Fsp3) is 0.895. The van der Waals surface area contributed by atoms with Crippen LogP contribution in [-0.4, -0.2) is 106 Å². The summed E-state index contributed by atoms with van der Waals surface area (Å²) < 4.78 is 44.0. The minimum atomic E-state index is -1.62. The van der Waals surface area contributed by atoms with Gasteiger partial charge in [-0.3, -0.25) is 9.59 Å². The molecule has 12 heteroatoms. The molecule has 3 saturated heterocycles. The van der Waals surface area contributed by atoms with Crippen LogP contribution in [0.4, 0.5) is 0 Å². The third kappa shape index (κ3) is 7.83. The van der Waals surface area contributed by atoms with Crippen LogP contribution >= 0.6 is 0 Å². The van der Waals surface area contributed by atoms with Gasteiger partial charge in [0.25, 0.3) is 0 Å². The first kappa shape index (κ1) is 41.1. The summed E-state index contributed by atoms with van der Waals surface area (Å²) in [6, 6.07) is 0. The van der Waals surface area contributed by atoms with Crippen molar-refractivity contribution in [1.82, 2.24) is 0 Å². The van der Waals surface area contributed by atoms with Crippen molar-refractivity contribution in [1.29, 1.82) is 0 Å². The van der Waals surface area contributed by atoms with Crippen molar-refractivity contribution in [2.45, 2.75) is 181 Å². The molecule has 0 aromatic rings. The fourth-order valence-electron chi connectivity index (χ4n) is 8.80. The quantitative estimate of drug-likeness (QED) is 0.319. The van der Waals surface area contributed by atoms with Crippen LogP contribution in [0.3, 0.4) is 0 Å². The van der Waals surface area contributed by atoms with Gasteiger partial charge in [0.1, 0.15) is 24.1 Å². The number of hydrogen-bond acceptors (Lipinski definition) is 12. The van der Waals surface area contributed by atoms with Gasteiger partial charge in [-0.2, -0.15) is 0 Å². The molecular formula is C38H64O12. The molecule has 50 heavy (non-hydrogen) atoms. The highest BCUT2D eigenvalue weighted by molar-refractivity contribution is 6.04. The van der Waals surface area contributed by atoms with Gasteiger partial charge in [0.2, 0.25) is 11.4 Å². The molecule has 4 aliphatic rings. The van der Waals surface area contributed by atoms with Crippen LogP contribution in [-0.2, 0) is 42.7 Å².